The van der Waals surface area contributed by atoms with Gasteiger partial charge in [-0.2, -0.15) is 0 Å². The van der Waals surface area contributed by atoms with Crippen molar-refractivity contribution in [1.82, 2.24) is 9.80 Å². The van der Waals surface area contributed by atoms with E-state index >= 15 is 0 Å². The third-order valence-corrected chi connectivity index (χ3v) is 5.26. The highest BCUT2D eigenvalue weighted by Gasteiger charge is 2.40. The predicted octanol–water partition coefficient (Wildman–Crippen LogP) is 2.73. The standard InChI is InChI=1S/C18H34N2O3/c1-16(2,3)23-15(22)20-11-8-18(5,13-20)12-19-9-6-17(4,14-21)7-10-19/h21H,6-14H2,1-5H3/t18-/m1/s1. The summed E-state index contributed by atoms with van der Waals surface area (Å²) >= 11 is 0. The summed E-state index contributed by atoms with van der Waals surface area (Å²) in [6, 6.07) is 0. The molecule has 5 nitrogen and oxygen atoms in total. The Kier molecular flexibility index (Phi) is 5.31. The van der Waals surface area contributed by atoms with E-state index in [9.17, 15) is 9.90 Å². The van der Waals surface area contributed by atoms with E-state index in [0.29, 0.717) is 0 Å². The minimum atomic E-state index is -0.433. The zero-order valence-electron chi connectivity index (χ0n) is 15.5. The molecule has 2 fully saturated rings. The maximum atomic E-state index is 12.2. The van der Waals surface area contributed by atoms with E-state index in [1.165, 1.54) is 0 Å². The number of amides is 1. The summed E-state index contributed by atoms with van der Waals surface area (Å²) in [6.45, 7) is 15.1. The quantitative estimate of drug-likeness (QED) is 0.866. The molecule has 0 unspecified atom stereocenters. The van der Waals surface area contributed by atoms with Crippen LogP contribution in [-0.2, 0) is 4.74 Å². The molecule has 2 aliphatic rings. The van der Waals surface area contributed by atoms with Crippen molar-refractivity contribution in [2.24, 2.45) is 10.8 Å². The van der Waals surface area contributed by atoms with Crippen LogP contribution in [0.4, 0.5) is 4.79 Å². The lowest BCUT2D eigenvalue weighted by atomic mass is 9.80. The number of piperidine rings is 1. The van der Waals surface area contributed by atoms with E-state index in [2.05, 4.69) is 18.7 Å². The molecule has 0 aromatic rings. The van der Waals surface area contributed by atoms with Crippen molar-refractivity contribution in [3.63, 3.8) is 0 Å². The summed E-state index contributed by atoms with van der Waals surface area (Å²) in [4.78, 5) is 16.6. The smallest absolute Gasteiger partial charge is 0.410 e. The number of carbonyl (C=O) groups excluding carboxylic acids is 1. The fourth-order valence-electron chi connectivity index (χ4n) is 3.58. The van der Waals surface area contributed by atoms with Gasteiger partial charge in [0.05, 0.1) is 0 Å². The molecule has 2 aliphatic heterocycles. The Morgan fingerprint density at radius 1 is 1.09 bits per heavy atom. The van der Waals surface area contributed by atoms with E-state index in [1.807, 2.05) is 25.7 Å². The maximum Gasteiger partial charge on any atom is 0.410 e. The van der Waals surface area contributed by atoms with E-state index in [-0.39, 0.29) is 23.5 Å². The normalized spacial score (nSPS) is 28.9. The summed E-state index contributed by atoms with van der Waals surface area (Å²) < 4.78 is 5.49. The van der Waals surface area contributed by atoms with Crippen LogP contribution >= 0.6 is 0 Å². The molecule has 1 amide bonds. The van der Waals surface area contributed by atoms with Gasteiger partial charge in [-0.1, -0.05) is 13.8 Å². The van der Waals surface area contributed by atoms with Crippen molar-refractivity contribution in [3.05, 3.63) is 0 Å². The van der Waals surface area contributed by atoms with Crippen LogP contribution in [0.3, 0.4) is 0 Å². The number of hydrogen-bond acceptors (Lipinski definition) is 4. The SMILES string of the molecule is CC1(CO)CCN(C[C@@]2(C)CCN(C(=O)OC(C)(C)C)C2)CC1. The first-order valence-electron chi connectivity index (χ1n) is 8.85. The Morgan fingerprint density at radius 3 is 2.17 bits per heavy atom. The lowest BCUT2D eigenvalue weighted by Gasteiger charge is -2.41. The van der Waals surface area contributed by atoms with Gasteiger partial charge in [-0.3, -0.25) is 0 Å². The van der Waals surface area contributed by atoms with Crippen molar-refractivity contribution in [2.75, 3.05) is 39.3 Å². The zero-order valence-corrected chi connectivity index (χ0v) is 15.5. The van der Waals surface area contributed by atoms with Crippen LogP contribution in [-0.4, -0.2) is 65.9 Å². The van der Waals surface area contributed by atoms with E-state index in [1.54, 1.807) is 0 Å². The minimum Gasteiger partial charge on any atom is -0.444 e. The van der Waals surface area contributed by atoms with E-state index < -0.39 is 5.60 Å². The summed E-state index contributed by atoms with van der Waals surface area (Å²) in [5, 5.41) is 9.48. The molecular formula is C18H34N2O3. The highest BCUT2D eigenvalue weighted by atomic mass is 16.6. The van der Waals surface area contributed by atoms with Gasteiger partial charge in [-0.15, -0.1) is 0 Å². The van der Waals surface area contributed by atoms with Crippen molar-refractivity contribution in [1.29, 1.82) is 0 Å². The third-order valence-electron chi connectivity index (χ3n) is 5.26. The average Bonchev–Trinajstić information content (AvgIpc) is 2.82. The summed E-state index contributed by atoms with van der Waals surface area (Å²) in [7, 11) is 0. The van der Waals surface area contributed by atoms with Gasteiger partial charge in [0, 0.05) is 26.2 Å². The molecule has 2 heterocycles. The Bertz CT molecular complexity index is 424. The molecule has 134 valence electrons. The molecule has 0 saturated carbocycles. The van der Waals surface area contributed by atoms with Crippen LogP contribution in [0.15, 0.2) is 0 Å². The van der Waals surface area contributed by atoms with Gasteiger partial charge in [-0.25, -0.2) is 4.79 Å². The average molecular weight is 326 g/mol. The molecule has 5 heteroatoms. The first kappa shape index (κ1) is 18.5. The van der Waals surface area contributed by atoms with Crippen LogP contribution in [0.5, 0.6) is 0 Å². The van der Waals surface area contributed by atoms with Crippen LogP contribution in [0.25, 0.3) is 0 Å². The molecule has 23 heavy (non-hydrogen) atoms. The van der Waals surface area contributed by atoms with Crippen LogP contribution in [0, 0.1) is 10.8 Å². The molecule has 2 rings (SSSR count). The highest BCUT2D eigenvalue weighted by Crippen LogP contribution is 2.35. The van der Waals surface area contributed by atoms with Gasteiger partial charge in [0.2, 0.25) is 0 Å². The number of carbonyl (C=O) groups is 1. The Balaban J connectivity index is 1.84. The van der Waals surface area contributed by atoms with Crippen LogP contribution in [0.2, 0.25) is 0 Å². The van der Waals surface area contributed by atoms with Crippen LogP contribution in [0.1, 0.15) is 53.9 Å². The van der Waals surface area contributed by atoms with Gasteiger partial charge in [0.1, 0.15) is 5.60 Å². The number of aliphatic hydroxyl groups is 1. The van der Waals surface area contributed by atoms with Crippen molar-refractivity contribution in [3.8, 4) is 0 Å². The Labute approximate surface area is 141 Å². The summed E-state index contributed by atoms with van der Waals surface area (Å²) in [5.41, 5.74) is -0.197. The fourth-order valence-corrected chi connectivity index (χ4v) is 3.58. The van der Waals surface area contributed by atoms with Gasteiger partial charge in [0.25, 0.3) is 0 Å². The molecule has 0 radical (unpaired) electrons. The summed E-state index contributed by atoms with van der Waals surface area (Å²) in [6.07, 6.45) is 2.94. The summed E-state index contributed by atoms with van der Waals surface area (Å²) in [5.74, 6) is 0. The largest absolute Gasteiger partial charge is 0.444 e. The number of aliphatic hydroxyl groups excluding tert-OH is 1. The van der Waals surface area contributed by atoms with Crippen molar-refractivity contribution >= 4 is 6.09 Å². The molecular weight excluding hydrogens is 292 g/mol. The van der Waals surface area contributed by atoms with Gasteiger partial charge in [0.15, 0.2) is 0 Å². The molecule has 0 aromatic carbocycles. The highest BCUT2D eigenvalue weighted by molar-refractivity contribution is 5.68. The lowest BCUT2D eigenvalue weighted by molar-refractivity contribution is 0.0234. The maximum absolute atomic E-state index is 12.2. The molecule has 0 bridgehead atoms. The van der Waals surface area contributed by atoms with Gasteiger partial charge >= 0.3 is 6.09 Å². The third kappa shape index (κ3) is 5.08. The zero-order chi connectivity index (χ0) is 17.3. The number of nitrogens with zero attached hydrogens (tertiary/aromatic N) is 2. The number of likely N-dealkylation sites (tertiary alicyclic amines) is 2. The Hall–Kier alpha value is -0.810. The van der Waals surface area contributed by atoms with E-state index in [0.717, 1.165) is 52.0 Å². The number of ether oxygens (including phenoxy) is 1. The second kappa shape index (κ2) is 6.60. The molecule has 0 aliphatic carbocycles. The lowest BCUT2D eigenvalue weighted by Crippen LogP contribution is -2.46. The van der Waals surface area contributed by atoms with Gasteiger partial charge < -0.3 is 19.6 Å². The molecule has 1 N–H and O–H groups in total. The molecule has 2 saturated heterocycles. The topological polar surface area (TPSA) is 53.0 Å². The molecule has 1 atom stereocenters. The molecule has 0 spiro atoms. The van der Waals surface area contributed by atoms with E-state index in [4.69, 9.17) is 4.74 Å². The van der Waals surface area contributed by atoms with Crippen LogP contribution < -0.4 is 0 Å². The monoisotopic (exact) mass is 326 g/mol. The Morgan fingerprint density at radius 2 is 1.65 bits per heavy atom. The molecule has 0 aromatic heterocycles. The predicted molar refractivity (Wildman–Crippen MR) is 91.4 cm³/mol. The second-order valence-electron chi connectivity index (χ2n) is 9.21. The van der Waals surface area contributed by atoms with Gasteiger partial charge in [-0.05, 0) is 64.0 Å². The number of hydrogen-bond donors (Lipinski definition) is 1. The van der Waals surface area contributed by atoms with Crippen molar-refractivity contribution in [2.45, 2.75) is 59.5 Å². The number of rotatable bonds is 3. The van der Waals surface area contributed by atoms with Crippen molar-refractivity contribution < 1.29 is 14.6 Å². The minimum absolute atomic E-state index is 0.0929. The second-order valence-corrected chi connectivity index (χ2v) is 9.21. The fraction of sp³-hybridized carbons (Fsp3) is 0.944. The first-order valence-corrected chi connectivity index (χ1v) is 8.85. The first-order chi connectivity index (χ1) is 10.5.